The number of carbonyl (C=O) groups excluding carboxylic acids is 1. The minimum Gasteiger partial charge on any atom is -0.331 e. The Bertz CT molecular complexity index is 656. The summed E-state index contributed by atoms with van der Waals surface area (Å²) in [6.45, 7) is 2.44. The van der Waals surface area contributed by atoms with Gasteiger partial charge in [0, 0.05) is 36.9 Å². The summed E-state index contributed by atoms with van der Waals surface area (Å²) in [4.78, 5) is 22.8. The zero-order valence-electron chi connectivity index (χ0n) is 11.8. The highest BCUT2D eigenvalue weighted by Crippen LogP contribution is 2.31. The largest absolute Gasteiger partial charge is 0.331 e. The second-order valence-electron chi connectivity index (χ2n) is 5.33. The Kier molecular flexibility index (Phi) is 3.88. The van der Waals surface area contributed by atoms with Crippen LogP contribution in [0.15, 0.2) is 36.8 Å². The summed E-state index contributed by atoms with van der Waals surface area (Å²) < 4.78 is 0. The molecule has 3 rings (SSSR count). The molecular formula is C16H16ClN3O. The van der Waals surface area contributed by atoms with Gasteiger partial charge in [0.25, 0.3) is 5.91 Å². The van der Waals surface area contributed by atoms with Gasteiger partial charge in [0.1, 0.15) is 0 Å². The first-order valence-corrected chi connectivity index (χ1v) is 7.35. The van der Waals surface area contributed by atoms with Crippen LogP contribution in [0.1, 0.15) is 34.5 Å². The normalized spacial score (nSPS) is 14.0. The highest BCUT2D eigenvalue weighted by molar-refractivity contribution is 6.33. The maximum absolute atomic E-state index is 12.7. The van der Waals surface area contributed by atoms with E-state index in [0.717, 1.165) is 24.1 Å². The van der Waals surface area contributed by atoms with E-state index in [1.54, 1.807) is 24.7 Å². The molecule has 4 nitrogen and oxygen atoms in total. The first-order chi connectivity index (χ1) is 10.1. The van der Waals surface area contributed by atoms with Crippen LogP contribution in [0.2, 0.25) is 5.02 Å². The van der Waals surface area contributed by atoms with E-state index in [9.17, 15) is 4.79 Å². The molecule has 0 radical (unpaired) electrons. The minimum absolute atomic E-state index is 0.0492. The molecule has 0 aliphatic heterocycles. The molecule has 2 heterocycles. The van der Waals surface area contributed by atoms with Crippen molar-refractivity contribution in [3.05, 3.63) is 58.6 Å². The molecule has 2 aromatic heterocycles. The molecule has 0 bridgehead atoms. The third kappa shape index (κ3) is 3.22. The van der Waals surface area contributed by atoms with Crippen molar-refractivity contribution in [3.8, 4) is 0 Å². The van der Waals surface area contributed by atoms with Gasteiger partial charge in [0.05, 0.1) is 10.6 Å². The Morgan fingerprint density at radius 1 is 1.38 bits per heavy atom. The van der Waals surface area contributed by atoms with E-state index >= 15 is 0 Å². The van der Waals surface area contributed by atoms with Gasteiger partial charge in [-0.05, 0) is 43.5 Å². The van der Waals surface area contributed by atoms with Crippen molar-refractivity contribution in [2.24, 2.45) is 0 Å². The van der Waals surface area contributed by atoms with E-state index in [1.165, 1.54) is 0 Å². The van der Waals surface area contributed by atoms with Gasteiger partial charge in [0.15, 0.2) is 0 Å². The zero-order valence-corrected chi connectivity index (χ0v) is 12.5. The number of rotatable bonds is 4. The molecule has 0 aromatic carbocycles. The first-order valence-electron chi connectivity index (χ1n) is 6.97. The van der Waals surface area contributed by atoms with E-state index in [0.29, 0.717) is 23.2 Å². The summed E-state index contributed by atoms with van der Waals surface area (Å²) in [5, 5.41) is 0.466. The predicted molar refractivity (Wildman–Crippen MR) is 81.1 cm³/mol. The molecule has 108 valence electrons. The van der Waals surface area contributed by atoms with Crippen molar-refractivity contribution >= 4 is 17.5 Å². The maximum Gasteiger partial charge on any atom is 0.257 e. The lowest BCUT2D eigenvalue weighted by molar-refractivity contribution is 0.0729. The van der Waals surface area contributed by atoms with E-state index in [1.807, 2.05) is 24.0 Å². The number of carbonyl (C=O) groups is 1. The van der Waals surface area contributed by atoms with Gasteiger partial charge >= 0.3 is 0 Å². The molecule has 0 unspecified atom stereocenters. The Labute approximate surface area is 128 Å². The number of amides is 1. The fourth-order valence-corrected chi connectivity index (χ4v) is 2.56. The van der Waals surface area contributed by atoms with E-state index in [-0.39, 0.29) is 5.91 Å². The molecule has 1 aliphatic rings. The van der Waals surface area contributed by atoms with Crippen LogP contribution in [-0.2, 0) is 6.54 Å². The zero-order chi connectivity index (χ0) is 14.8. The highest BCUT2D eigenvalue weighted by atomic mass is 35.5. The van der Waals surface area contributed by atoms with Crippen LogP contribution in [-0.4, -0.2) is 26.8 Å². The lowest BCUT2D eigenvalue weighted by Gasteiger charge is -2.23. The quantitative estimate of drug-likeness (QED) is 0.871. The van der Waals surface area contributed by atoms with Gasteiger partial charge in [-0.1, -0.05) is 11.6 Å². The van der Waals surface area contributed by atoms with E-state index in [4.69, 9.17) is 11.6 Å². The summed E-state index contributed by atoms with van der Waals surface area (Å²) in [5.74, 6) is -0.0492. The Balaban J connectivity index is 1.85. The molecule has 1 saturated carbocycles. The van der Waals surface area contributed by atoms with Gasteiger partial charge in [0.2, 0.25) is 0 Å². The second-order valence-corrected chi connectivity index (χ2v) is 5.73. The van der Waals surface area contributed by atoms with Crippen LogP contribution in [0, 0.1) is 6.92 Å². The van der Waals surface area contributed by atoms with Crippen LogP contribution >= 0.6 is 11.6 Å². The summed E-state index contributed by atoms with van der Waals surface area (Å²) in [6.07, 6.45) is 7.15. The van der Waals surface area contributed by atoms with Gasteiger partial charge in [-0.25, -0.2) is 0 Å². The fraction of sp³-hybridized carbons (Fsp3) is 0.312. The summed E-state index contributed by atoms with van der Waals surface area (Å²) in [7, 11) is 0. The van der Waals surface area contributed by atoms with Crippen molar-refractivity contribution in [2.75, 3.05) is 0 Å². The monoisotopic (exact) mass is 301 g/mol. The summed E-state index contributed by atoms with van der Waals surface area (Å²) in [6, 6.07) is 5.89. The van der Waals surface area contributed by atoms with Crippen LogP contribution in [0.4, 0.5) is 0 Å². The van der Waals surface area contributed by atoms with Crippen molar-refractivity contribution in [1.29, 1.82) is 0 Å². The molecule has 1 fully saturated rings. The van der Waals surface area contributed by atoms with Crippen LogP contribution in [0.25, 0.3) is 0 Å². The van der Waals surface area contributed by atoms with Crippen molar-refractivity contribution < 1.29 is 4.79 Å². The Morgan fingerprint density at radius 3 is 2.71 bits per heavy atom. The van der Waals surface area contributed by atoms with Gasteiger partial charge < -0.3 is 4.90 Å². The number of nitrogens with zero attached hydrogens (tertiary/aromatic N) is 3. The Morgan fingerprint density at radius 2 is 2.10 bits per heavy atom. The second kappa shape index (κ2) is 5.82. The molecule has 0 atom stereocenters. The van der Waals surface area contributed by atoms with Gasteiger partial charge in [-0.15, -0.1) is 0 Å². The predicted octanol–water partition coefficient (Wildman–Crippen LogP) is 3.24. The smallest absolute Gasteiger partial charge is 0.257 e. The molecule has 0 N–H and O–H groups in total. The highest BCUT2D eigenvalue weighted by Gasteiger charge is 2.33. The van der Waals surface area contributed by atoms with Crippen LogP contribution in [0.3, 0.4) is 0 Å². The lowest BCUT2D eigenvalue weighted by Crippen LogP contribution is -2.33. The molecular weight excluding hydrogens is 286 g/mol. The number of hydrogen-bond acceptors (Lipinski definition) is 3. The van der Waals surface area contributed by atoms with Gasteiger partial charge in [-0.3, -0.25) is 14.8 Å². The van der Waals surface area contributed by atoms with Crippen molar-refractivity contribution in [2.45, 2.75) is 32.4 Å². The number of aryl methyl sites for hydroxylation is 1. The van der Waals surface area contributed by atoms with Crippen molar-refractivity contribution in [1.82, 2.24) is 14.9 Å². The molecule has 0 spiro atoms. The first kappa shape index (κ1) is 14.0. The van der Waals surface area contributed by atoms with E-state index < -0.39 is 0 Å². The maximum atomic E-state index is 12.7. The summed E-state index contributed by atoms with van der Waals surface area (Å²) in [5.41, 5.74) is 2.35. The number of hydrogen-bond donors (Lipinski definition) is 0. The van der Waals surface area contributed by atoms with Crippen LogP contribution in [0.5, 0.6) is 0 Å². The molecule has 5 heteroatoms. The third-order valence-corrected chi connectivity index (χ3v) is 3.88. The van der Waals surface area contributed by atoms with Crippen LogP contribution < -0.4 is 0 Å². The Hall–Kier alpha value is -1.94. The van der Waals surface area contributed by atoms with E-state index in [2.05, 4.69) is 9.97 Å². The molecule has 1 aliphatic carbocycles. The number of aromatic nitrogens is 2. The van der Waals surface area contributed by atoms with Gasteiger partial charge in [-0.2, -0.15) is 0 Å². The fourth-order valence-electron chi connectivity index (χ4n) is 2.28. The third-order valence-electron chi connectivity index (χ3n) is 3.57. The average Bonchev–Trinajstić information content (AvgIpc) is 3.30. The molecule has 21 heavy (non-hydrogen) atoms. The number of pyridine rings is 2. The standard InChI is InChI=1S/C16H16ClN3O/c1-11-8-15(17)14(9-19-11)16(21)20(13-2-3-13)10-12-4-6-18-7-5-12/h4-9,13H,2-3,10H2,1H3. The van der Waals surface area contributed by atoms with Crippen molar-refractivity contribution in [3.63, 3.8) is 0 Å². The number of halogens is 1. The SMILES string of the molecule is Cc1cc(Cl)c(C(=O)N(Cc2ccncc2)C2CC2)cn1. The lowest BCUT2D eigenvalue weighted by atomic mass is 10.2. The topological polar surface area (TPSA) is 46.1 Å². The molecule has 1 amide bonds. The average molecular weight is 302 g/mol. The minimum atomic E-state index is -0.0492. The summed E-state index contributed by atoms with van der Waals surface area (Å²) >= 11 is 6.20. The molecule has 0 saturated heterocycles. The molecule has 2 aromatic rings.